The fraction of sp³-hybridized carbons (Fsp3) is 0.500. The molecule has 1 aliphatic heterocycles. The molecule has 45 heavy (non-hydrogen) atoms. The van der Waals surface area contributed by atoms with Crippen LogP contribution in [-0.2, 0) is 17.1 Å². The molecule has 4 aliphatic rings. The average molecular weight is 679 g/mol. The van der Waals surface area contributed by atoms with Crippen molar-refractivity contribution in [2.24, 2.45) is 47.3 Å². The molecule has 6 atom stereocenters. The Hall–Kier alpha value is -0.181. The summed E-state index contributed by atoms with van der Waals surface area (Å²) in [6.07, 6.45) is 23.5. The molecule has 0 amide bonds. The maximum Gasteiger partial charge on any atom is 2.00 e. The molecule has 0 spiro atoms. The van der Waals surface area contributed by atoms with Gasteiger partial charge in [0, 0.05) is 11.3 Å². The Morgan fingerprint density at radius 2 is 1.04 bits per heavy atom. The zero-order valence-corrected chi connectivity index (χ0v) is 31.4. The molecule has 0 aromatic heterocycles. The van der Waals surface area contributed by atoms with Gasteiger partial charge in [0.05, 0.1) is 0 Å². The van der Waals surface area contributed by atoms with Crippen LogP contribution in [0.4, 0.5) is 0 Å². The first-order chi connectivity index (χ1) is 21.3. The SMILES string of the molecule is CC(C)[C@@H]1CC[C@@H](C)C[C@H]1[C]1[CH][CH][C]([C@@H]2C[C@H](C)CC[C@H]2C(C)C)[P]1.[CH]1[CH][CH][C](CP(c2ccccc2)c2ccccc2)[CH]1.[Fe+2]. The minimum absolute atomic E-state index is 0. The Bertz CT molecular complexity index is 1000. The molecule has 3 saturated carbocycles. The van der Waals surface area contributed by atoms with Crippen LogP contribution in [0.1, 0.15) is 80.1 Å². The van der Waals surface area contributed by atoms with Crippen LogP contribution in [0.3, 0.4) is 0 Å². The van der Waals surface area contributed by atoms with Crippen molar-refractivity contribution in [3.63, 3.8) is 0 Å². The maximum absolute atomic E-state index is 2.55. The molecule has 6 rings (SSSR count). The first-order valence-corrected chi connectivity index (χ1v) is 19.9. The van der Waals surface area contributed by atoms with Crippen LogP contribution in [0.5, 0.6) is 0 Å². The van der Waals surface area contributed by atoms with Gasteiger partial charge in [-0.2, -0.15) is 0 Å². The molecule has 2 aromatic carbocycles. The predicted octanol–water partition coefficient (Wildman–Crippen LogP) is 11.4. The van der Waals surface area contributed by atoms with E-state index in [1.54, 1.807) is 19.9 Å². The van der Waals surface area contributed by atoms with Gasteiger partial charge in [0.15, 0.2) is 0 Å². The van der Waals surface area contributed by atoms with Crippen molar-refractivity contribution in [1.82, 2.24) is 0 Å². The zero-order valence-electron chi connectivity index (χ0n) is 28.6. The smallest absolute Gasteiger partial charge is 0.0640 e. The first-order valence-electron chi connectivity index (χ1n) is 17.5. The predicted molar refractivity (Wildman–Crippen MR) is 196 cm³/mol. The molecule has 1 saturated heterocycles. The largest absolute Gasteiger partial charge is 2.00 e. The summed E-state index contributed by atoms with van der Waals surface area (Å²) < 4.78 is 0. The summed E-state index contributed by atoms with van der Waals surface area (Å²) in [6.45, 7) is 14.7. The average Bonchev–Trinajstić information content (AvgIpc) is 3.74. The second-order valence-electron chi connectivity index (χ2n) is 14.7. The van der Waals surface area contributed by atoms with E-state index < -0.39 is 0 Å². The van der Waals surface area contributed by atoms with E-state index in [1.807, 2.05) is 0 Å². The van der Waals surface area contributed by atoms with Crippen molar-refractivity contribution in [2.75, 3.05) is 6.16 Å². The Morgan fingerprint density at radius 3 is 1.44 bits per heavy atom. The van der Waals surface area contributed by atoms with Gasteiger partial charge in [0.1, 0.15) is 0 Å². The summed E-state index contributed by atoms with van der Waals surface area (Å²) in [4.78, 5) is 0. The standard InChI is InChI=1S/C24H40P.C18H16P.Fe/c1-15(2)19-9-7-17(5)13-21(19)23-11-12-24(25-23)22-14-18(6)8-10-20(22)16(3)4;1-3-11-17(12-4-1)19(15-16-9-7-8-10-16)18-13-5-2-6-14-18;/h11-12,15-22H,7-10,13-14H2,1-6H3;1-14H,15H2;/q;;+2/t17-,18-,19+,20+,21-,22-;;/m1../s1. The molecule has 0 unspecified atom stereocenters. The molecular weight excluding hydrogens is 622 g/mol. The van der Waals surface area contributed by atoms with Gasteiger partial charge in [-0.15, -0.1) is 0 Å². The van der Waals surface area contributed by atoms with E-state index >= 15 is 0 Å². The number of hydrogen-bond acceptors (Lipinski definition) is 0. The second-order valence-corrected chi connectivity index (χ2v) is 18.2. The molecule has 1 heterocycles. The molecule has 3 aliphatic carbocycles. The third kappa shape index (κ3) is 10.4. The van der Waals surface area contributed by atoms with Gasteiger partial charge in [0.25, 0.3) is 0 Å². The van der Waals surface area contributed by atoms with Crippen molar-refractivity contribution < 1.29 is 17.1 Å². The van der Waals surface area contributed by atoms with E-state index in [0.29, 0.717) is 0 Å². The van der Waals surface area contributed by atoms with Gasteiger partial charge in [-0.05, 0) is 142 Å². The molecule has 240 valence electrons. The number of rotatable bonds is 8. The first kappa shape index (κ1) is 37.6. The molecule has 0 N–H and O–H groups in total. The quantitative estimate of drug-likeness (QED) is 0.193. The van der Waals surface area contributed by atoms with Crippen molar-refractivity contribution in [3.8, 4) is 0 Å². The summed E-state index contributed by atoms with van der Waals surface area (Å²) in [5, 5.41) is 2.90. The Kier molecular flexibility index (Phi) is 15.5. The van der Waals surface area contributed by atoms with Crippen molar-refractivity contribution in [1.29, 1.82) is 0 Å². The number of hydrogen-bond donors (Lipinski definition) is 0. The van der Waals surface area contributed by atoms with Crippen LogP contribution < -0.4 is 10.6 Å². The van der Waals surface area contributed by atoms with E-state index in [4.69, 9.17) is 0 Å². The van der Waals surface area contributed by atoms with Crippen LogP contribution in [-0.4, -0.2) is 6.16 Å². The summed E-state index contributed by atoms with van der Waals surface area (Å²) in [5.41, 5.74) is 3.53. The Morgan fingerprint density at radius 1 is 0.622 bits per heavy atom. The molecule has 10 radical (unpaired) electrons. The zero-order chi connectivity index (χ0) is 31.1. The van der Waals surface area contributed by atoms with Gasteiger partial charge in [-0.25, -0.2) is 0 Å². The van der Waals surface area contributed by atoms with Gasteiger partial charge < -0.3 is 0 Å². The van der Waals surface area contributed by atoms with Crippen molar-refractivity contribution in [2.45, 2.75) is 80.1 Å². The van der Waals surface area contributed by atoms with Crippen LogP contribution in [0, 0.1) is 103 Å². The summed E-state index contributed by atoms with van der Waals surface area (Å²) in [5.74, 6) is 8.43. The normalized spacial score (nSPS) is 30.0. The summed E-state index contributed by atoms with van der Waals surface area (Å²) >= 11 is 0. The minimum Gasteiger partial charge on any atom is -0.0640 e. The van der Waals surface area contributed by atoms with Crippen LogP contribution in [0.15, 0.2) is 60.7 Å². The molecule has 2 aromatic rings. The van der Waals surface area contributed by atoms with Gasteiger partial charge in [-0.3, -0.25) is 0 Å². The fourth-order valence-corrected chi connectivity index (χ4v) is 12.0. The topological polar surface area (TPSA) is 0 Å². The van der Waals surface area contributed by atoms with E-state index in [-0.39, 0.29) is 25.0 Å². The third-order valence-electron chi connectivity index (χ3n) is 10.7. The third-order valence-corrected chi connectivity index (χ3v) is 14.7. The van der Waals surface area contributed by atoms with Crippen molar-refractivity contribution in [3.05, 3.63) is 116 Å². The molecule has 3 heteroatoms. The second kappa shape index (κ2) is 18.5. The number of benzene rings is 2. The molecule has 0 bridgehead atoms. The van der Waals surface area contributed by atoms with Crippen LogP contribution >= 0.6 is 16.5 Å². The minimum atomic E-state index is -0.301. The fourth-order valence-electron chi connectivity index (χ4n) is 8.14. The van der Waals surface area contributed by atoms with Gasteiger partial charge in [0.2, 0.25) is 0 Å². The van der Waals surface area contributed by atoms with Crippen molar-refractivity contribution >= 4 is 27.1 Å². The molecular formula is C42H56FeP2+2. The Balaban J connectivity index is 0.000000207. The Labute approximate surface area is 292 Å². The van der Waals surface area contributed by atoms with E-state index in [0.717, 1.165) is 53.5 Å². The van der Waals surface area contributed by atoms with Crippen LogP contribution in [0.2, 0.25) is 0 Å². The monoisotopic (exact) mass is 678 g/mol. The van der Waals surface area contributed by atoms with E-state index in [9.17, 15) is 0 Å². The van der Waals surface area contributed by atoms with Gasteiger partial charge in [-0.1, -0.05) is 124 Å². The van der Waals surface area contributed by atoms with E-state index in [1.165, 1.54) is 55.1 Å². The summed E-state index contributed by atoms with van der Waals surface area (Å²) in [7, 11) is 1.30. The van der Waals surface area contributed by atoms with Crippen LogP contribution in [0.25, 0.3) is 0 Å². The molecule has 0 nitrogen and oxygen atoms in total. The summed E-state index contributed by atoms with van der Waals surface area (Å²) in [6, 6.07) is 21.7. The maximum atomic E-state index is 2.55. The van der Waals surface area contributed by atoms with E-state index in [2.05, 4.69) is 141 Å². The molecule has 4 fully saturated rings. The van der Waals surface area contributed by atoms with Gasteiger partial charge >= 0.3 is 17.1 Å².